The van der Waals surface area contributed by atoms with E-state index in [-0.39, 0.29) is 18.1 Å². The number of aryl methyl sites for hydroxylation is 4. The van der Waals surface area contributed by atoms with Crippen molar-refractivity contribution in [1.82, 2.24) is 19.6 Å². The molecule has 28 heavy (non-hydrogen) atoms. The molecule has 0 saturated carbocycles. The van der Waals surface area contributed by atoms with Gasteiger partial charge in [0.05, 0.1) is 0 Å². The number of halogens is 3. The number of nitrogens with zero attached hydrogens (tertiary/aromatic N) is 4. The number of carbonyl (C=O) groups is 1. The molecule has 1 aromatic carbocycles. The van der Waals surface area contributed by atoms with Gasteiger partial charge in [0.1, 0.15) is 0 Å². The number of hydrogen-bond acceptors (Lipinski definition) is 4. The molecule has 0 radical (unpaired) electrons. The largest absolute Gasteiger partial charge is 0.453 e. The molecule has 3 rings (SSSR count). The highest BCUT2D eigenvalue weighted by Gasteiger charge is 2.36. The zero-order chi connectivity index (χ0) is 20.6. The Hall–Kier alpha value is -2.97. The van der Waals surface area contributed by atoms with Crippen LogP contribution in [0.1, 0.15) is 40.3 Å². The zero-order valence-electron chi connectivity index (χ0n) is 16.0. The average Bonchev–Trinajstić information content (AvgIpc) is 3.01. The van der Waals surface area contributed by atoms with Crippen molar-refractivity contribution in [2.75, 3.05) is 5.32 Å². The third kappa shape index (κ3) is 3.97. The summed E-state index contributed by atoms with van der Waals surface area (Å²) in [6.07, 6.45) is -4.14. The molecule has 0 fully saturated rings. The van der Waals surface area contributed by atoms with Crippen LogP contribution >= 0.6 is 0 Å². The molecule has 6 nitrogen and oxygen atoms in total. The van der Waals surface area contributed by atoms with Gasteiger partial charge in [-0.2, -0.15) is 18.2 Å². The molecular formula is C19H20F3N5O. The van der Waals surface area contributed by atoms with Gasteiger partial charge in [0, 0.05) is 23.5 Å². The second-order valence-corrected chi connectivity index (χ2v) is 6.77. The van der Waals surface area contributed by atoms with Gasteiger partial charge in [-0.25, -0.2) is 9.50 Å². The molecular weight excluding hydrogens is 371 g/mol. The summed E-state index contributed by atoms with van der Waals surface area (Å²) >= 11 is 0. The van der Waals surface area contributed by atoms with Gasteiger partial charge < -0.3 is 5.32 Å². The second-order valence-electron chi connectivity index (χ2n) is 6.77. The van der Waals surface area contributed by atoms with Gasteiger partial charge in [-0.05, 0) is 51.3 Å². The van der Waals surface area contributed by atoms with Crippen LogP contribution in [0.4, 0.5) is 18.9 Å². The van der Waals surface area contributed by atoms with E-state index in [1.54, 1.807) is 13.8 Å². The lowest BCUT2D eigenvalue weighted by Crippen LogP contribution is -2.15. The van der Waals surface area contributed by atoms with Crippen LogP contribution < -0.4 is 5.32 Å². The highest BCUT2D eigenvalue weighted by atomic mass is 19.4. The SMILES string of the molecule is Cc1ccc(NC(=O)CCc2c(C)nc3nc(C(F)(F)F)nn3c2C)c(C)c1. The fourth-order valence-corrected chi connectivity index (χ4v) is 3.10. The number of carbonyl (C=O) groups excluding carboxylic acids is 1. The lowest BCUT2D eigenvalue weighted by molar-refractivity contribution is -0.144. The number of fused-ring (bicyclic) bond motifs is 1. The Balaban J connectivity index is 1.79. The van der Waals surface area contributed by atoms with E-state index < -0.39 is 12.0 Å². The summed E-state index contributed by atoms with van der Waals surface area (Å²) < 4.78 is 39.7. The number of amides is 1. The summed E-state index contributed by atoms with van der Waals surface area (Å²) in [7, 11) is 0. The Labute approximate surface area is 159 Å². The van der Waals surface area contributed by atoms with Crippen LogP contribution in [0, 0.1) is 27.7 Å². The van der Waals surface area contributed by atoms with Crippen LogP contribution in [0.5, 0.6) is 0 Å². The fourth-order valence-electron chi connectivity index (χ4n) is 3.10. The topological polar surface area (TPSA) is 72.2 Å². The lowest BCUT2D eigenvalue weighted by atomic mass is 10.1. The van der Waals surface area contributed by atoms with E-state index in [1.165, 1.54) is 0 Å². The molecule has 0 aliphatic heterocycles. The number of nitrogens with one attached hydrogen (secondary N) is 1. The minimum Gasteiger partial charge on any atom is -0.326 e. The summed E-state index contributed by atoms with van der Waals surface area (Å²) in [4.78, 5) is 19.9. The Morgan fingerprint density at radius 1 is 1.14 bits per heavy atom. The lowest BCUT2D eigenvalue weighted by Gasteiger charge is -2.12. The first kappa shape index (κ1) is 19.8. The van der Waals surface area contributed by atoms with Gasteiger partial charge >= 0.3 is 6.18 Å². The summed E-state index contributed by atoms with van der Waals surface area (Å²) in [5.41, 5.74) is 4.51. The second kappa shape index (κ2) is 7.21. The highest BCUT2D eigenvalue weighted by Crippen LogP contribution is 2.27. The minimum absolute atomic E-state index is 0.106. The fraction of sp³-hybridized carbons (Fsp3) is 0.368. The van der Waals surface area contributed by atoms with Crippen LogP contribution in [-0.2, 0) is 17.4 Å². The third-order valence-corrected chi connectivity index (χ3v) is 4.56. The van der Waals surface area contributed by atoms with Crippen molar-refractivity contribution in [1.29, 1.82) is 0 Å². The van der Waals surface area contributed by atoms with Crippen molar-refractivity contribution in [3.63, 3.8) is 0 Å². The van der Waals surface area contributed by atoms with Gasteiger partial charge in [0.15, 0.2) is 0 Å². The number of alkyl halides is 3. The molecule has 0 aliphatic carbocycles. The van der Waals surface area contributed by atoms with E-state index >= 15 is 0 Å². The molecule has 0 bridgehead atoms. The summed E-state index contributed by atoms with van der Waals surface area (Å²) in [5.74, 6) is -1.52. The molecule has 0 saturated heterocycles. The number of rotatable bonds is 4. The van der Waals surface area contributed by atoms with E-state index in [0.717, 1.165) is 21.3 Å². The monoisotopic (exact) mass is 391 g/mol. The van der Waals surface area contributed by atoms with Crippen LogP contribution in [-0.4, -0.2) is 25.5 Å². The maximum atomic E-state index is 12.9. The van der Waals surface area contributed by atoms with Crippen LogP contribution in [0.3, 0.4) is 0 Å². The highest BCUT2D eigenvalue weighted by molar-refractivity contribution is 5.91. The van der Waals surface area contributed by atoms with E-state index in [9.17, 15) is 18.0 Å². The van der Waals surface area contributed by atoms with Gasteiger partial charge in [0.2, 0.25) is 5.91 Å². The van der Waals surface area contributed by atoms with Crippen LogP contribution in [0.25, 0.3) is 5.78 Å². The summed E-state index contributed by atoms with van der Waals surface area (Å²) in [5, 5.41) is 6.38. The van der Waals surface area contributed by atoms with E-state index in [4.69, 9.17) is 0 Å². The van der Waals surface area contributed by atoms with Crippen LogP contribution in [0.2, 0.25) is 0 Å². The number of anilines is 1. The normalized spacial score (nSPS) is 11.8. The Morgan fingerprint density at radius 2 is 1.86 bits per heavy atom. The number of aromatic nitrogens is 4. The zero-order valence-corrected chi connectivity index (χ0v) is 16.0. The van der Waals surface area contributed by atoms with Crippen molar-refractivity contribution in [3.8, 4) is 0 Å². The van der Waals surface area contributed by atoms with Crippen LogP contribution in [0.15, 0.2) is 18.2 Å². The predicted molar refractivity (Wildman–Crippen MR) is 98.1 cm³/mol. The third-order valence-electron chi connectivity index (χ3n) is 4.56. The maximum absolute atomic E-state index is 12.9. The van der Waals surface area contributed by atoms with Gasteiger partial charge in [-0.1, -0.05) is 17.7 Å². The summed E-state index contributed by atoms with van der Waals surface area (Å²) in [6.45, 7) is 7.22. The summed E-state index contributed by atoms with van der Waals surface area (Å²) in [6, 6.07) is 5.74. The standard InChI is InChI=1S/C19H20F3N5O/c1-10-5-7-15(11(2)9-10)24-16(28)8-6-14-12(3)23-18-25-17(19(20,21)22)26-27(18)13(14)4/h5,7,9H,6,8H2,1-4H3,(H,24,28). The molecule has 9 heteroatoms. The smallest absolute Gasteiger partial charge is 0.326 e. The van der Waals surface area contributed by atoms with E-state index in [1.807, 2.05) is 32.0 Å². The van der Waals surface area contributed by atoms with Crippen molar-refractivity contribution in [2.24, 2.45) is 0 Å². The molecule has 2 aromatic heterocycles. The average molecular weight is 391 g/mol. The molecule has 0 spiro atoms. The molecule has 1 N–H and O–H groups in total. The Morgan fingerprint density at radius 3 is 2.50 bits per heavy atom. The molecule has 0 atom stereocenters. The van der Waals surface area contributed by atoms with Crippen molar-refractivity contribution in [2.45, 2.75) is 46.7 Å². The molecule has 2 heterocycles. The van der Waals surface area contributed by atoms with Crippen molar-refractivity contribution < 1.29 is 18.0 Å². The van der Waals surface area contributed by atoms with Crippen molar-refractivity contribution in [3.05, 3.63) is 52.1 Å². The minimum atomic E-state index is -4.64. The predicted octanol–water partition coefficient (Wildman–Crippen LogP) is 3.95. The van der Waals surface area contributed by atoms with Gasteiger partial charge in [-0.3, -0.25) is 4.79 Å². The molecule has 0 aliphatic rings. The molecule has 148 valence electrons. The Bertz CT molecular complexity index is 1060. The molecule has 3 aromatic rings. The quantitative estimate of drug-likeness (QED) is 0.731. The maximum Gasteiger partial charge on any atom is 0.453 e. The van der Waals surface area contributed by atoms with E-state index in [2.05, 4.69) is 20.4 Å². The number of benzene rings is 1. The van der Waals surface area contributed by atoms with E-state index in [0.29, 0.717) is 23.4 Å². The first-order chi connectivity index (χ1) is 13.1. The number of hydrogen-bond donors (Lipinski definition) is 1. The van der Waals surface area contributed by atoms with Gasteiger partial charge in [0.25, 0.3) is 11.6 Å². The van der Waals surface area contributed by atoms with Crippen molar-refractivity contribution >= 4 is 17.4 Å². The Kier molecular flexibility index (Phi) is 5.10. The molecule has 1 amide bonds. The van der Waals surface area contributed by atoms with Gasteiger partial charge in [-0.15, -0.1) is 5.10 Å². The first-order valence-electron chi connectivity index (χ1n) is 8.73. The molecule has 0 unspecified atom stereocenters. The first-order valence-corrected chi connectivity index (χ1v) is 8.73.